The zero-order valence-electron chi connectivity index (χ0n) is 10.2. The third-order valence-electron chi connectivity index (χ3n) is 2.43. The number of thioether (sulfide) groups is 1. The van der Waals surface area contributed by atoms with E-state index < -0.39 is 0 Å². The van der Waals surface area contributed by atoms with Crippen molar-refractivity contribution in [1.82, 2.24) is 0 Å². The van der Waals surface area contributed by atoms with Crippen LogP contribution in [-0.4, -0.2) is 5.75 Å². The Balaban J connectivity index is 2.61. The molecular weight excluding hydrogens is 221 g/mol. The first-order valence-electron chi connectivity index (χ1n) is 5.68. The third-order valence-corrected chi connectivity index (χ3v) is 3.52. The molecule has 1 aromatic carbocycles. The van der Waals surface area contributed by atoms with Gasteiger partial charge in [0.1, 0.15) is 5.82 Å². The highest BCUT2D eigenvalue weighted by atomic mass is 32.2. The highest BCUT2D eigenvalue weighted by molar-refractivity contribution is 7.99. The molecule has 0 fully saturated rings. The summed E-state index contributed by atoms with van der Waals surface area (Å²) in [6.45, 7) is 6.21. The van der Waals surface area contributed by atoms with E-state index in [4.69, 9.17) is 5.73 Å². The van der Waals surface area contributed by atoms with Crippen LogP contribution in [0.2, 0.25) is 0 Å². The molecule has 0 radical (unpaired) electrons. The Hall–Kier alpha value is -0.540. The van der Waals surface area contributed by atoms with Crippen LogP contribution >= 0.6 is 11.8 Å². The minimum Gasteiger partial charge on any atom is -0.324 e. The predicted octanol–water partition coefficient (Wildman–Crippen LogP) is 3.98. The van der Waals surface area contributed by atoms with Crippen molar-refractivity contribution in [1.29, 1.82) is 0 Å². The second-order valence-corrected chi connectivity index (χ2v) is 5.65. The summed E-state index contributed by atoms with van der Waals surface area (Å²) in [7, 11) is 0. The summed E-state index contributed by atoms with van der Waals surface area (Å²) >= 11 is 1.58. The van der Waals surface area contributed by atoms with Gasteiger partial charge in [-0.1, -0.05) is 19.9 Å². The Morgan fingerprint density at radius 1 is 1.31 bits per heavy atom. The molecule has 0 bridgehead atoms. The van der Waals surface area contributed by atoms with Crippen LogP contribution in [0.5, 0.6) is 0 Å². The topological polar surface area (TPSA) is 26.0 Å². The Bertz CT molecular complexity index is 337. The summed E-state index contributed by atoms with van der Waals surface area (Å²) in [6, 6.07) is 5.18. The monoisotopic (exact) mass is 241 g/mol. The average Bonchev–Trinajstić information content (AvgIpc) is 2.19. The number of hydrogen-bond acceptors (Lipinski definition) is 2. The van der Waals surface area contributed by atoms with Crippen LogP contribution in [0.3, 0.4) is 0 Å². The van der Waals surface area contributed by atoms with Crippen LogP contribution in [0, 0.1) is 11.7 Å². The minimum absolute atomic E-state index is 0.107. The second-order valence-electron chi connectivity index (χ2n) is 4.51. The summed E-state index contributed by atoms with van der Waals surface area (Å²) in [5.41, 5.74) is 6.55. The molecule has 1 aromatic rings. The molecule has 0 unspecified atom stereocenters. The van der Waals surface area contributed by atoms with Gasteiger partial charge in [-0.25, -0.2) is 4.39 Å². The van der Waals surface area contributed by atoms with Gasteiger partial charge in [-0.2, -0.15) is 0 Å². The molecule has 0 saturated carbocycles. The van der Waals surface area contributed by atoms with Crippen LogP contribution in [-0.2, 0) is 0 Å². The van der Waals surface area contributed by atoms with Gasteiger partial charge in [-0.3, -0.25) is 0 Å². The number of rotatable bonds is 5. The highest BCUT2D eigenvalue weighted by Gasteiger charge is 2.06. The van der Waals surface area contributed by atoms with Crippen molar-refractivity contribution < 1.29 is 4.39 Å². The van der Waals surface area contributed by atoms with E-state index in [1.165, 1.54) is 0 Å². The maximum Gasteiger partial charge on any atom is 0.137 e. The molecule has 0 aromatic heterocycles. The van der Waals surface area contributed by atoms with Crippen LogP contribution in [0.25, 0.3) is 0 Å². The molecule has 0 heterocycles. The molecule has 0 aliphatic rings. The number of nitrogens with two attached hydrogens (primary N) is 1. The first-order chi connectivity index (χ1) is 7.50. The van der Waals surface area contributed by atoms with Crippen molar-refractivity contribution in [2.45, 2.75) is 38.1 Å². The van der Waals surface area contributed by atoms with Crippen LogP contribution in [0.15, 0.2) is 23.1 Å². The molecule has 1 atom stereocenters. The normalized spacial score (nSPS) is 13.1. The number of benzene rings is 1. The van der Waals surface area contributed by atoms with Crippen molar-refractivity contribution in [3.05, 3.63) is 29.6 Å². The van der Waals surface area contributed by atoms with Crippen LogP contribution in [0.4, 0.5) is 4.39 Å². The van der Waals surface area contributed by atoms with Gasteiger partial charge >= 0.3 is 0 Å². The van der Waals surface area contributed by atoms with Crippen LogP contribution in [0.1, 0.15) is 38.8 Å². The largest absolute Gasteiger partial charge is 0.324 e. The van der Waals surface area contributed by atoms with Gasteiger partial charge in [0.25, 0.3) is 0 Å². The lowest BCUT2D eigenvalue weighted by molar-refractivity contribution is 0.595. The summed E-state index contributed by atoms with van der Waals surface area (Å²) in [6.07, 6.45) is 1.11. The molecular formula is C13H20FNS. The van der Waals surface area contributed by atoms with E-state index in [2.05, 4.69) is 13.8 Å². The molecule has 1 nitrogen and oxygen atoms in total. The second kappa shape index (κ2) is 6.26. The standard InChI is InChI=1S/C13H20FNS/c1-9(2)6-7-16-13-5-4-11(10(3)15)8-12(13)14/h4-5,8-10H,6-7,15H2,1-3H3/t10-/m0/s1. The fraction of sp³-hybridized carbons (Fsp3) is 0.538. The van der Waals surface area contributed by atoms with Gasteiger partial charge in [0.15, 0.2) is 0 Å². The Labute approximate surface area is 102 Å². The third kappa shape index (κ3) is 4.14. The molecule has 90 valence electrons. The van der Waals surface area contributed by atoms with E-state index in [0.29, 0.717) is 5.92 Å². The van der Waals surface area contributed by atoms with Crippen molar-refractivity contribution in [2.75, 3.05) is 5.75 Å². The van der Waals surface area contributed by atoms with Gasteiger partial charge in [-0.05, 0) is 42.7 Å². The van der Waals surface area contributed by atoms with Gasteiger partial charge in [0, 0.05) is 10.9 Å². The Morgan fingerprint density at radius 3 is 2.50 bits per heavy atom. The summed E-state index contributed by atoms with van der Waals surface area (Å²) in [5.74, 6) is 1.48. The fourth-order valence-electron chi connectivity index (χ4n) is 1.32. The molecule has 0 aliphatic carbocycles. The van der Waals surface area contributed by atoms with Gasteiger partial charge < -0.3 is 5.73 Å². The summed E-state index contributed by atoms with van der Waals surface area (Å²) < 4.78 is 13.7. The van der Waals surface area contributed by atoms with E-state index in [9.17, 15) is 4.39 Å². The predicted molar refractivity (Wildman–Crippen MR) is 69.2 cm³/mol. The fourth-order valence-corrected chi connectivity index (χ4v) is 2.49. The molecule has 2 N–H and O–H groups in total. The lowest BCUT2D eigenvalue weighted by Crippen LogP contribution is -2.05. The maximum atomic E-state index is 13.7. The summed E-state index contributed by atoms with van der Waals surface area (Å²) in [5, 5.41) is 0. The average molecular weight is 241 g/mol. The van der Waals surface area contributed by atoms with Crippen molar-refractivity contribution in [3.63, 3.8) is 0 Å². The molecule has 0 aliphatic heterocycles. The van der Waals surface area contributed by atoms with E-state index in [1.807, 2.05) is 19.1 Å². The van der Waals surface area contributed by atoms with Gasteiger partial charge in [0.2, 0.25) is 0 Å². The lowest BCUT2D eigenvalue weighted by atomic mass is 10.1. The van der Waals surface area contributed by atoms with E-state index >= 15 is 0 Å². The molecule has 3 heteroatoms. The van der Waals surface area contributed by atoms with E-state index in [0.717, 1.165) is 22.6 Å². The van der Waals surface area contributed by atoms with E-state index in [1.54, 1.807) is 17.8 Å². The minimum atomic E-state index is -0.149. The van der Waals surface area contributed by atoms with Gasteiger partial charge in [0.05, 0.1) is 0 Å². The van der Waals surface area contributed by atoms with Gasteiger partial charge in [-0.15, -0.1) is 11.8 Å². The number of halogens is 1. The summed E-state index contributed by atoms with van der Waals surface area (Å²) in [4.78, 5) is 0.727. The first-order valence-corrected chi connectivity index (χ1v) is 6.67. The molecule has 0 spiro atoms. The smallest absolute Gasteiger partial charge is 0.137 e. The maximum absolute atomic E-state index is 13.7. The Morgan fingerprint density at radius 2 is 2.00 bits per heavy atom. The van der Waals surface area contributed by atoms with E-state index in [-0.39, 0.29) is 11.9 Å². The van der Waals surface area contributed by atoms with Crippen molar-refractivity contribution in [2.24, 2.45) is 11.7 Å². The lowest BCUT2D eigenvalue weighted by Gasteiger charge is -2.09. The zero-order chi connectivity index (χ0) is 12.1. The Kier molecular flexibility index (Phi) is 5.29. The van der Waals surface area contributed by atoms with Crippen molar-refractivity contribution >= 4 is 11.8 Å². The number of hydrogen-bond donors (Lipinski definition) is 1. The molecule has 0 saturated heterocycles. The molecule has 1 rings (SSSR count). The SMILES string of the molecule is CC(C)CCSc1ccc([C@H](C)N)cc1F. The highest BCUT2D eigenvalue weighted by Crippen LogP contribution is 2.25. The zero-order valence-corrected chi connectivity index (χ0v) is 11.0. The quantitative estimate of drug-likeness (QED) is 0.789. The van der Waals surface area contributed by atoms with Crippen molar-refractivity contribution in [3.8, 4) is 0 Å². The first kappa shape index (κ1) is 13.5. The molecule has 0 amide bonds. The van der Waals surface area contributed by atoms with Crippen LogP contribution < -0.4 is 5.73 Å². The molecule has 16 heavy (non-hydrogen) atoms.